The number of rotatable bonds is 4. The van der Waals surface area contributed by atoms with Gasteiger partial charge in [0.25, 0.3) is 0 Å². The van der Waals surface area contributed by atoms with Crippen LogP contribution in [0.15, 0.2) is 24.3 Å². The van der Waals surface area contributed by atoms with Crippen LogP contribution in [0.3, 0.4) is 0 Å². The number of benzene rings is 1. The van der Waals surface area contributed by atoms with Crippen LogP contribution in [0.4, 0.5) is 0 Å². The highest BCUT2D eigenvalue weighted by atomic mass is 35.5. The largest absolute Gasteiger partial charge is 0.355 e. The van der Waals surface area contributed by atoms with Crippen molar-refractivity contribution in [3.8, 4) is 0 Å². The SMILES string of the molecule is Cl.NCCC(=O)NCC1CCc2ccccc21. The van der Waals surface area contributed by atoms with Gasteiger partial charge in [0.05, 0.1) is 0 Å². The lowest BCUT2D eigenvalue weighted by Crippen LogP contribution is -2.29. The highest BCUT2D eigenvalue weighted by Gasteiger charge is 2.21. The minimum Gasteiger partial charge on any atom is -0.355 e. The zero-order valence-electron chi connectivity index (χ0n) is 9.82. The standard InChI is InChI=1S/C13H18N2O.ClH/c14-8-7-13(16)15-9-11-6-5-10-3-1-2-4-12(10)11;/h1-4,11H,5-9,14H2,(H,15,16);1H. The van der Waals surface area contributed by atoms with E-state index in [1.54, 1.807) is 0 Å². The summed E-state index contributed by atoms with van der Waals surface area (Å²) >= 11 is 0. The van der Waals surface area contributed by atoms with E-state index in [-0.39, 0.29) is 18.3 Å². The smallest absolute Gasteiger partial charge is 0.221 e. The first-order valence-corrected chi connectivity index (χ1v) is 5.86. The Morgan fingerprint density at radius 2 is 2.18 bits per heavy atom. The van der Waals surface area contributed by atoms with Crippen LogP contribution in [0.5, 0.6) is 0 Å². The number of carbonyl (C=O) groups excluding carboxylic acids is 1. The van der Waals surface area contributed by atoms with Gasteiger partial charge in [-0.1, -0.05) is 24.3 Å². The first kappa shape index (κ1) is 14.0. The van der Waals surface area contributed by atoms with E-state index in [9.17, 15) is 4.79 Å². The van der Waals surface area contributed by atoms with Gasteiger partial charge in [-0.3, -0.25) is 4.79 Å². The second-order valence-electron chi connectivity index (χ2n) is 4.28. The van der Waals surface area contributed by atoms with Gasteiger partial charge in [0.2, 0.25) is 5.91 Å². The molecule has 0 fully saturated rings. The van der Waals surface area contributed by atoms with Crippen molar-refractivity contribution in [2.24, 2.45) is 5.73 Å². The average Bonchev–Trinajstić information content (AvgIpc) is 2.70. The van der Waals surface area contributed by atoms with Crippen LogP contribution < -0.4 is 11.1 Å². The number of hydrogen-bond donors (Lipinski definition) is 2. The minimum atomic E-state index is 0. The van der Waals surface area contributed by atoms with Gasteiger partial charge in [-0.2, -0.15) is 0 Å². The lowest BCUT2D eigenvalue weighted by Gasteiger charge is -2.12. The molecule has 0 spiro atoms. The van der Waals surface area contributed by atoms with E-state index in [1.807, 2.05) is 0 Å². The first-order chi connectivity index (χ1) is 7.81. The van der Waals surface area contributed by atoms with Gasteiger partial charge in [0.1, 0.15) is 0 Å². The van der Waals surface area contributed by atoms with E-state index in [2.05, 4.69) is 29.6 Å². The Labute approximate surface area is 108 Å². The molecular formula is C13H19ClN2O. The number of hydrogen-bond acceptors (Lipinski definition) is 2. The second-order valence-corrected chi connectivity index (χ2v) is 4.28. The molecule has 1 amide bonds. The van der Waals surface area contributed by atoms with E-state index in [0.29, 0.717) is 18.9 Å². The molecule has 0 heterocycles. The van der Waals surface area contributed by atoms with Crippen molar-refractivity contribution in [1.82, 2.24) is 5.32 Å². The molecule has 1 aliphatic carbocycles. The number of carbonyl (C=O) groups is 1. The lowest BCUT2D eigenvalue weighted by atomic mass is 10.0. The molecule has 3 nitrogen and oxygen atoms in total. The van der Waals surface area contributed by atoms with Gasteiger partial charge >= 0.3 is 0 Å². The molecule has 1 aromatic carbocycles. The highest BCUT2D eigenvalue weighted by Crippen LogP contribution is 2.31. The fourth-order valence-corrected chi connectivity index (χ4v) is 2.31. The summed E-state index contributed by atoms with van der Waals surface area (Å²) in [5.74, 6) is 0.546. The fraction of sp³-hybridized carbons (Fsp3) is 0.462. The van der Waals surface area contributed by atoms with E-state index < -0.39 is 0 Å². The zero-order valence-corrected chi connectivity index (χ0v) is 10.6. The van der Waals surface area contributed by atoms with Gasteiger partial charge in [-0.05, 0) is 24.0 Å². The summed E-state index contributed by atoms with van der Waals surface area (Å²) in [6, 6.07) is 8.49. The Balaban J connectivity index is 0.00000144. The molecule has 0 saturated carbocycles. The second kappa shape index (κ2) is 6.62. The molecule has 1 aromatic rings. The summed E-state index contributed by atoms with van der Waals surface area (Å²) in [4.78, 5) is 11.3. The quantitative estimate of drug-likeness (QED) is 0.858. The minimum absolute atomic E-state index is 0. The summed E-state index contributed by atoms with van der Waals surface area (Å²) in [6.45, 7) is 1.17. The molecule has 17 heavy (non-hydrogen) atoms. The van der Waals surface area contributed by atoms with Crippen molar-refractivity contribution in [2.45, 2.75) is 25.2 Å². The molecule has 1 atom stereocenters. The molecule has 2 rings (SSSR count). The summed E-state index contributed by atoms with van der Waals surface area (Å²) in [5, 5.41) is 2.95. The average molecular weight is 255 g/mol. The van der Waals surface area contributed by atoms with Crippen LogP contribution >= 0.6 is 12.4 Å². The molecule has 0 bridgehead atoms. The third kappa shape index (κ3) is 3.45. The number of nitrogens with two attached hydrogens (primary N) is 1. The van der Waals surface area contributed by atoms with Gasteiger partial charge in [-0.25, -0.2) is 0 Å². The third-order valence-corrected chi connectivity index (χ3v) is 3.17. The molecule has 0 aromatic heterocycles. The topological polar surface area (TPSA) is 55.1 Å². The zero-order chi connectivity index (χ0) is 11.4. The maximum atomic E-state index is 11.3. The molecule has 4 heteroatoms. The van der Waals surface area contributed by atoms with Crippen LogP contribution in [-0.4, -0.2) is 19.0 Å². The maximum absolute atomic E-state index is 11.3. The van der Waals surface area contributed by atoms with Gasteiger partial charge in [-0.15, -0.1) is 12.4 Å². The van der Waals surface area contributed by atoms with Gasteiger partial charge in [0.15, 0.2) is 0 Å². The molecule has 94 valence electrons. The number of halogens is 1. The molecule has 3 N–H and O–H groups in total. The Morgan fingerprint density at radius 1 is 1.41 bits per heavy atom. The third-order valence-electron chi connectivity index (χ3n) is 3.17. The van der Waals surface area contributed by atoms with Crippen LogP contribution in [0.2, 0.25) is 0 Å². The Hall–Kier alpha value is -1.06. The highest BCUT2D eigenvalue weighted by molar-refractivity contribution is 5.85. The molecule has 0 radical (unpaired) electrons. The van der Waals surface area contributed by atoms with Crippen molar-refractivity contribution in [3.63, 3.8) is 0 Å². The maximum Gasteiger partial charge on any atom is 0.221 e. The summed E-state index contributed by atoms with van der Waals surface area (Å²) in [5.41, 5.74) is 8.16. The van der Waals surface area contributed by atoms with Crippen molar-refractivity contribution in [1.29, 1.82) is 0 Å². The van der Waals surface area contributed by atoms with Crippen LogP contribution in [0.25, 0.3) is 0 Å². The Bertz CT molecular complexity index is 381. The molecule has 0 saturated heterocycles. The van der Waals surface area contributed by atoms with E-state index in [0.717, 1.165) is 19.4 Å². The predicted octanol–water partition coefficient (Wildman–Crippen LogP) is 1.60. The van der Waals surface area contributed by atoms with Gasteiger partial charge in [0, 0.05) is 25.4 Å². The predicted molar refractivity (Wildman–Crippen MR) is 71.4 cm³/mol. The number of aryl methyl sites for hydroxylation is 1. The van der Waals surface area contributed by atoms with Crippen LogP contribution in [0, 0.1) is 0 Å². The normalized spacial score (nSPS) is 17.1. The van der Waals surface area contributed by atoms with Crippen LogP contribution in [-0.2, 0) is 11.2 Å². The number of fused-ring (bicyclic) bond motifs is 1. The number of nitrogens with one attached hydrogen (secondary N) is 1. The summed E-state index contributed by atoms with van der Waals surface area (Å²) in [6.07, 6.45) is 2.70. The first-order valence-electron chi connectivity index (χ1n) is 5.86. The van der Waals surface area contributed by atoms with E-state index >= 15 is 0 Å². The lowest BCUT2D eigenvalue weighted by molar-refractivity contribution is -0.120. The van der Waals surface area contributed by atoms with E-state index in [4.69, 9.17) is 5.73 Å². The summed E-state index contributed by atoms with van der Waals surface area (Å²) < 4.78 is 0. The molecular weight excluding hydrogens is 236 g/mol. The number of amides is 1. The Kier molecular flexibility index (Phi) is 5.45. The molecule has 0 aliphatic heterocycles. The van der Waals surface area contributed by atoms with Crippen LogP contribution in [0.1, 0.15) is 29.9 Å². The fourth-order valence-electron chi connectivity index (χ4n) is 2.31. The summed E-state index contributed by atoms with van der Waals surface area (Å²) in [7, 11) is 0. The van der Waals surface area contributed by atoms with Crippen molar-refractivity contribution >= 4 is 18.3 Å². The van der Waals surface area contributed by atoms with Gasteiger partial charge < -0.3 is 11.1 Å². The monoisotopic (exact) mass is 254 g/mol. The van der Waals surface area contributed by atoms with Crippen molar-refractivity contribution < 1.29 is 4.79 Å². The van der Waals surface area contributed by atoms with Crippen molar-refractivity contribution in [3.05, 3.63) is 35.4 Å². The van der Waals surface area contributed by atoms with E-state index in [1.165, 1.54) is 11.1 Å². The molecule has 1 unspecified atom stereocenters. The Morgan fingerprint density at radius 3 is 2.94 bits per heavy atom. The molecule has 1 aliphatic rings. The van der Waals surface area contributed by atoms with Crippen molar-refractivity contribution in [2.75, 3.05) is 13.1 Å².